The zero-order valence-corrected chi connectivity index (χ0v) is 48.8. The zero-order chi connectivity index (χ0) is 59.6. The normalized spacial score (nSPS) is 12.6. The van der Waals surface area contributed by atoms with Crippen LogP contribution >= 0.6 is 27.5 Å². The Balaban J connectivity index is 1.59. The fourth-order valence-electron chi connectivity index (χ4n) is 7.98. The van der Waals surface area contributed by atoms with Crippen molar-refractivity contribution < 1.29 is 66.8 Å². The van der Waals surface area contributed by atoms with E-state index >= 15 is 0 Å². The number of nitrogens with one attached hydrogen (secondary N) is 6. The molecule has 21 nitrogen and oxygen atoms in total. The van der Waals surface area contributed by atoms with Crippen molar-refractivity contribution in [2.24, 2.45) is 17.6 Å². The zero-order valence-electron chi connectivity index (χ0n) is 46.5. The first-order valence-electron chi connectivity index (χ1n) is 26.4. The number of esters is 1. The summed E-state index contributed by atoms with van der Waals surface area (Å²) in [7, 11) is 0. The minimum absolute atomic E-state index is 0.0209. The highest BCUT2D eigenvalue weighted by Crippen LogP contribution is 2.21. The summed E-state index contributed by atoms with van der Waals surface area (Å²) in [6.45, 7) is 11.6. The summed E-state index contributed by atoms with van der Waals surface area (Å²) in [6.07, 6.45) is -3.63. The highest BCUT2D eigenvalue weighted by Gasteiger charge is 2.34. The number of halogens is 2. The predicted octanol–water partition coefficient (Wildman–Crippen LogP) is 7.26. The molecule has 0 radical (unpaired) electrons. The second kappa shape index (κ2) is 33.1. The number of ether oxygens (including phenoxy) is 5. The number of primary amides is 1. The molecular formula is C58H73BrClN7O14. The van der Waals surface area contributed by atoms with Gasteiger partial charge in [0.1, 0.15) is 54.8 Å². The van der Waals surface area contributed by atoms with Crippen molar-refractivity contribution in [3.8, 4) is 5.75 Å². The number of rotatable bonds is 29. The fraction of sp³-hybridized carbons (Fsp3) is 0.431. The molecule has 8 N–H and O–H groups in total. The van der Waals surface area contributed by atoms with Crippen molar-refractivity contribution >= 4 is 81.4 Å². The summed E-state index contributed by atoms with van der Waals surface area (Å²) < 4.78 is 27.9. The lowest BCUT2D eigenvalue weighted by molar-refractivity contribution is -0.156. The van der Waals surface area contributed by atoms with Crippen LogP contribution in [0, 0.1) is 11.8 Å². The molecule has 0 bridgehead atoms. The van der Waals surface area contributed by atoms with E-state index in [1.807, 2.05) is 33.8 Å². The minimum atomic E-state index is -1.70. The molecule has 0 aliphatic heterocycles. The molecule has 0 saturated heterocycles. The molecule has 0 unspecified atom stereocenters. The van der Waals surface area contributed by atoms with Crippen LogP contribution in [-0.4, -0.2) is 103 Å². The lowest BCUT2D eigenvalue weighted by atomic mass is 9.96. The Hall–Kier alpha value is -7.72. The molecule has 23 heteroatoms. The van der Waals surface area contributed by atoms with E-state index in [4.69, 9.17) is 41.0 Å². The van der Waals surface area contributed by atoms with Crippen LogP contribution < -0.4 is 42.4 Å². The van der Waals surface area contributed by atoms with Crippen molar-refractivity contribution in [3.05, 3.63) is 135 Å². The van der Waals surface area contributed by atoms with Gasteiger partial charge in [-0.1, -0.05) is 134 Å². The first kappa shape index (κ1) is 65.8. The molecule has 4 aromatic carbocycles. The van der Waals surface area contributed by atoms with Gasteiger partial charge in [-0.3, -0.25) is 28.8 Å². The molecule has 0 aliphatic carbocycles. The van der Waals surface area contributed by atoms with Crippen LogP contribution in [0.25, 0.3) is 0 Å². The third-order valence-corrected chi connectivity index (χ3v) is 13.1. The Morgan fingerprint density at radius 3 is 1.81 bits per heavy atom. The Kier molecular flexibility index (Phi) is 26.9. The highest BCUT2D eigenvalue weighted by molar-refractivity contribution is 9.10. The standard InChI is InChI=1S/C58H73BrClN7O14/c1-35(2)50(36(3)4)80-49(69)31-47(52(71)63-32-48(68)64-45(51(61)70)29-37-17-9-8-10-18-37)66-54(73)46(30-38-24-26-41(27-25-38)79-57(76)78-33-39-19-11-13-21-42(39)59)65-53(72)44(67-56(75)81-58(5,6)7)23-15-16-28-62-55(74)77-34-40-20-12-14-22-43(40)60/h8-14,17-22,24-27,35-36,44-47,50H,15-16,23,28-34H2,1-7H3,(H2,61,70)(H,62,74)(H,63,71)(H,64,68)(H,65,72)(H,66,73)(H,67,75)/t44-,45-,46-,47-/m0/s1. The van der Waals surface area contributed by atoms with E-state index in [9.17, 15) is 43.2 Å². The van der Waals surface area contributed by atoms with Gasteiger partial charge in [-0.25, -0.2) is 14.4 Å². The lowest BCUT2D eigenvalue weighted by Crippen LogP contribution is -2.58. The molecule has 81 heavy (non-hydrogen) atoms. The molecule has 0 saturated carbocycles. The Morgan fingerprint density at radius 1 is 0.605 bits per heavy atom. The van der Waals surface area contributed by atoms with E-state index in [2.05, 4.69) is 47.8 Å². The second-order valence-corrected chi connectivity index (χ2v) is 21.8. The lowest BCUT2D eigenvalue weighted by Gasteiger charge is -2.28. The summed E-state index contributed by atoms with van der Waals surface area (Å²) in [5, 5.41) is 15.8. The van der Waals surface area contributed by atoms with E-state index in [0.29, 0.717) is 33.7 Å². The van der Waals surface area contributed by atoms with Crippen LogP contribution in [0.4, 0.5) is 14.4 Å². The number of nitrogens with two attached hydrogens (primary N) is 1. The number of benzene rings is 4. The van der Waals surface area contributed by atoms with E-state index < -0.39 is 103 Å². The third-order valence-electron chi connectivity index (χ3n) is 12.0. The molecule has 0 fully saturated rings. The maximum absolute atomic E-state index is 14.7. The Bertz CT molecular complexity index is 2750. The highest BCUT2D eigenvalue weighted by atomic mass is 79.9. The van der Waals surface area contributed by atoms with Gasteiger partial charge in [0.15, 0.2) is 0 Å². The quantitative estimate of drug-likeness (QED) is 0.0122. The van der Waals surface area contributed by atoms with E-state index in [1.165, 1.54) is 24.3 Å². The number of amides is 7. The van der Waals surface area contributed by atoms with Gasteiger partial charge in [0.2, 0.25) is 29.5 Å². The molecule has 0 heterocycles. The maximum atomic E-state index is 14.7. The van der Waals surface area contributed by atoms with Crippen molar-refractivity contribution in [2.45, 2.75) is 136 Å². The maximum Gasteiger partial charge on any atom is 0.514 e. The monoisotopic (exact) mass is 1210 g/mol. The average molecular weight is 1210 g/mol. The SMILES string of the molecule is CC(C)C(OC(=O)C[C@H](NC(=O)[C@H](Cc1ccc(OC(=O)OCc2ccccc2Br)cc1)NC(=O)[C@H](CCCCNC(=O)OCc1ccccc1Cl)NC(=O)OC(C)(C)C)C(=O)NCC(=O)N[C@@H](Cc1ccccc1)C(N)=O)C(C)C. The Labute approximate surface area is 485 Å². The van der Waals surface area contributed by atoms with Crippen LogP contribution in [0.5, 0.6) is 5.75 Å². The van der Waals surface area contributed by atoms with Crippen LogP contribution in [-0.2, 0) is 73.8 Å². The molecule has 4 atom stereocenters. The van der Waals surface area contributed by atoms with Gasteiger partial charge in [-0.2, -0.15) is 0 Å². The van der Waals surface area contributed by atoms with E-state index in [0.717, 1.165) is 4.47 Å². The van der Waals surface area contributed by atoms with Gasteiger partial charge in [0.25, 0.3) is 0 Å². The molecule has 0 aliphatic rings. The van der Waals surface area contributed by atoms with Gasteiger partial charge < -0.3 is 61.3 Å². The molecule has 7 amide bonds. The van der Waals surface area contributed by atoms with Crippen LogP contribution in [0.1, 0.15) is 96.4 Å². The number of carbonyl (C=O) groups excluding carboxylic acids is 9. The molecular weight excluding hydrogens is 1130 g/mol. The van der Waals surface area contributed by atoms with Gasteiger partial charge >= 0.3 is 24.3 Å². The van der Waals surface area contributed by atoms with Crippen molar-refractivity contribution in [2.75, 3.05) is 13.1 Å². The van der Waals surface area contributed by atoms with Crippen LogP contribution in [0.2, 0.25) is 5.02 Å². The van der Waals surface area contributed by atoms with Crippen molar-refractivity contribution in [1.29, 1.82) is 0 Å². The first-order chi connectivity index (χ1) is 38.4. The number of carbonyl (C=O) groups is 9. The van der Waals surface area contributed by atoms with Crippen LogP contribution in [0.3, 0.4) is 0 Å². The van der Waals surface area contributed by atoms with Gasteiger partial charge in [0, 0.05) is 40.0 Å². The summed E-state index contributed by atoms with van der Waals surface area (Å²) in [6, 6.07) is 23.0. The molecule has 0 aromatic heterocycles. The second-order valence-electron chi connectivity index (χ2n) is 20.6. The molecule has 438 valence electrons. The molecule has 4 rings (SSSR count). The molecule has 0 spiro atoms. The summed E-state index contributed by atoms with van der Waals surface area (Å²) in [4.78, 5) is 121. The van der Waals surface area contributed by atoms with E-state index in [1.54, 1.807) is 93.6 Å². The summed E-state index contributed by atoms with van der Waals surface area (Å²) in [5.41, 5.74) is 7.05. The summed E-state index contributed by atoms with van der Waals surface area (Å²) in [5.74, 6) is -5.51. The third kappa shape index (κ3) is 24.7. The Morgan fingerprint density at radius 2 is 1.19 bits per heavy atom. The van der Waals surface area contributed by atoms with Gasteiger partial charge in [-0.05, 0) is 87.3 Å². The fourth-order valence-corrected chi connectivity index (χ4v) is 8.57. The number of alkyl carbamates (subject to hydrolysis) is 2. The average Bonchev–Trinajstić information content (AvgIpc) is 3.40. The van der Waals surface area contributed by atoms with Gasteiger partial charge in [0.05, 0.1) is 13.0 Å². The molecule has 4 aromatic rings. The smallest absolute Gasteiger partial charge is 0.462 e. The topological polar surface area (TPSA) is 298 Å². The van der Waals surface area contributed by atoms with Crippen LogP contribution in [0.15, 0.2) is 108 Å². The summed E-state index contributed by atoms with van der Waals surface area (Å²) >= 11 is 9.59. The van der Waals surface area contributed by atoms with E-state index in [-0.39, 0.29) is 63.0 Å². The van der Waals surface area contributed by atoms with Crippen molar-refractivity contribution in [3.63, 3.8) is 0 Å². The number of hydrogen-bond donors (Lipinski definition) is 7. The van der Waals surface area contributed by atoms with Gasteiger partial charge in [-0.15, -0.1) is 0 Å². The van der Waals surface area contributed by atoms with Crippen molar-refractivity contribution in [1.82, 2.24) is 31.9 Å². The largest absolute Gasteiger partial charge is 0.514 e. The minimum Gasteiger partial charge on any atom is -0.462 e. The number of hydrogen-bond acceptors (Lipinski definition) is 14. The number of unbranched alkanes of at least 4 members (excludes halogenated alkanes) is 1. The predicted molar refractivity (Wildman–Crippen MR) is 304 cm³/mol. The first-order valence-corrected chi connectivity index (χ1v) is 27.6.